The van der Waals surface area contributed by atoms with E-state index in [9.17, 15) is 4.79 Å². The van der Waals surface area contributed by atoms with Crippen LogP contribution in [0, 0.1) is 0 Å². The molecule has 0 saturated carbocycles. The van der Waals surface area contributed by atoms with Crippen LogP contribution in [0.1, 0.15) is 25.8 Å². The van der Waals surface area contributed by atoms with Crippen LogP contribution in [0.4, 0.5) is 0 Å². The molecule has 1 aliphatic rings. The Balaban J connectivity index is 1.98. The van der Waals surface area contributed by atoms with Crippen molar-refractivity contribution in [1.82, 2.24) is 5.43 Å². The van der Waals surface area contributed by atoms with E-state index < -0.39 is 0 Å². The second kappa shape index (κ2) is 9.01. The average Bonchev–Trinajstić information content (AvgIpc) is 2.95. The minimum Gasteiger partial charge on any atom is -0.493 e. The summed E-state index contributed by atoms with van der Waals surface area (Å²) in [7, 11) is 1.59. The van der Waals surface area contributed by atoms with E-state index in [1.807, 2.05) is 42.6 Å². The standard InChI is InChI=1S/C16H21BrN2O3S2/c1-4-22-15-12(17)7-11(8-13(15)21-3)10-18-19-14(20)9-16(2)23-5-6-24-16/h7-8,10H,4-6,9H2,1-3H3,(H,19,20)/b18-10-. The van der Waals surface area contributed by atoms with Gasteiger partial charge in [-0.15, -0.1) is 23.5 Å². The third-order valence-electron chi connectivity index (χ3n) is 3.32. The number of ether oxygens (including phenoxy) is 2. The Kier molecular flexibility index (Phi) is 7.31. The molecule has 5 nitrogen and oxygen atoms in total. The first-order valence-corrected chi connectivity index (χ1v) is 10.3. The molecule has 1 aromatic rings. The first-order chi connectivity index (χ1) is 11.5. The molecular formula is C16H21BrN2O3S2. The lowest BCUT2D eigenvalue weighted by molar-refractivity contribution is -0.121. The number of hydrazone groups is 1. The minimum absolute atomic E-state index is 0.0367. The zero-order chi connectivity index (χ0) is 17.6. The number of hydrogen-bond donors (Lipinski definition) is 1. The fourth-order valence-electron chi connectivity index (χ4n) is 2.27. The first kappa shape index (κ1) is 19.5. The van der Waals surface area contributed by atoms with E-state index in [1.165, 1.54) is 0 Å². The van der Waals surface area contributed by atoms with Crippen molar-refractivity contribution < 1.29 is 14.3 Å². The van der Waals surface area contributed by atoms with E-state index in [-0.39, 0.29) is 9.99 Å². The van der Waals surface area contributed by atoms with Crippen LogP contribution in [0.2, 0.25) is 0 Å². The van der Waals surface area contributed by atoms with Crippen molar-refractivity contribution in [2.24, 2.45) is 5.10 Å². The maximum atomic E-state index is 12.0. The van der Waals surface area contributed by atoms with Gasteiger partial charge in [-0.1, -0.05) is 0 Å². The van der Waals surface area contributed by atoms with Crippen LogP contribution in [0.5, 0.6) is 11.5 Å². The van der Waals surface area contributed by atoms with Crippen LogP contribution in [-0.4, -0.2) is 41.4 Å². The summed E-state index contributed by atoms with van der Waals surface area (Å²) in [6, 6.07) is 3.68. The van der Waals surface area contributed by atoms with Gasteiger partial charge < -0.3 is 9.47 Å². The fourth-order valence-corrected chi connectivity index (χ4v) is 5.67. The summed E-state index contributed by atoms with van der Waals surface area (Å²) in [5.74, 6) is 3.39. The van der Waals surface area contributed by atoms with Crippen molar-refractivity contribution in [2.75, 3.05) is 25.2 Å². The van der Waals surface area contributed by atoms with Crippen LogP contribution < -0.4 is 14.9 Å². The van der Waals surface area contributed by atoms with E-state index in [1.54, 1.807) is 13.3 Å². The zero-order valence-corrected chi connectivity index (χ0v) is 17.1. The number of thioether (sulfide) groups is 2. The summed E-state index contributed by atoms with van der Waals surface area (Å²) in [5, 5.41) is 4.05. The highest BCUT2D eigenvalue weighted by Gasteiger charge is 2.32. The second-order valence-electron chi connectivity index (χ2n) is 5.27. The maximum Gasteiger partial charge on any atom is 0.242 e. The second-order valence-corrected chi connectivity index (χ2v) is 9.58. The smallest absolute Gasteiger partial charge is 0.242 e. The van der Waals surface area contributed by atoms with Gasteiger partial charge in [0.05, 0.1) is 34.9 Å². The molecule has 1 N–H and O–H groups in total. The highest BCUT2D eigenvalue weighted by atomic mass is 79.9. The number of halogens is 1. The molecule has 8 heteroatoms. The van der Waals surface area contributed by atoms with Crippen molar-refractivity contribution in [1.29, 1.82) is 0 Å². The molecule has 132 valence electrons. The van der Waals surface area contributed by atoms with Gasteiger partial charge in [0, 0.05) is 11.5 Å². The van der Waals surface area contributed by atoms with Crippen LogP contribution in [0.25, 0.3) is 0 Å². The molecule has 0 aliphatic carbocycles. The van der Waals surface area contributed by atoms with Crippen LogP contribution in [-0.2, 0) is 4.79 Å². The zero-order valence-electron chi connectivity index (χ0n) is 13.9. The van der Waals surface area contributed by atoms with Gasteiger partial charge in [0.1, 0.15) is 0 Å². The van der Waals surface area contributed by atoms with Crippen molar-refractivity contribution in [3.8, 4) is 11.5 Å². The Morgan fingerprint density at radius 3 is 2.79 bits per heavy atom. The monoisotopic (exact) mass is 432 g/mol. The van der Waals surface area contributed by atoms with Crippen LogP contribution >= 0.6 is 39.5 Å². The van der Waals surface area contributed by atoms with Gasteiger partial charge in [-0.25, -0.2) is 5.43 Å². The van der Waals surface area contributed by atoms with Gasteiger partial charge >= 0.3 is 0 Å². The predicted molar refractivity (Wildman–Crippen MR) is 106 cm³/mol. The van der Waals surface area contributed by atoms with Gasteiger partial charge in [-0.2, -0.15) is 5.10 Å². The number of carbonyl (C=O) groups is 1. The molecule has 0 aromatic heterocycles. The molecule has 0 atom stereocenters. The lowest BCUT2D eigenvalue weighted by Gasteiger charge is -2.19. The molecule has 1 aliphatic heterocycles. The third-order valence-corrected chi connectivity index (χ3v) is 7.20. The summed E-state index contributed by atoms with van der Waals surface area (Å²) in [4.78, 5) is 12.0. The van der Waals surface area contributed by atoms with Crippen molar-refractivity contribution in [3.63, 3.8) is 0 Å². The number of amides is 1. The quantitative estimate of drug-likeness (QED) is 0.522. The third kappa shape index (κ3) is 5.32. The van der Waals surface area contributed by atoms with E-state index in [0.29, 0.717) is 24.5 Å². The van der Waals surface area contributed by atoms with E-state index in [2.05, 4.69) is 33.4 Å². The normalized spacial score (nSPS) is 16.3. The molecule has 1 heterocycles. The summed E-state index contributed by atoms with van der Waals surface area (Å²) in [6.07, 6.45) is 2.05. The van der Waals surface area contributed by atoms with Crippen LogP contribution in [0.15, 0.2) is 21.7 Å². The number of hydrogen-bond acceptors (Lipinski definition) is 6. The Morgan fingerprint density at radius 2 is 2.17 bits per heavy atom. The van der Waals surface area contributed by atoms with E-state index in [4.69, 9.17) is 9.47 Å². The van der Waals surface area contributed by atoms with Gasteiger partial charge in [0.25, 0.3) is 0 Å². The van der Waals surface area contributed by atoms with Gasteiger partial charge in [0.15, 0.2) is 11.5 Å². The van der Waals surface area contributed by atoms with Crippen LogP contribution in [0.3, 0.4) is 0 Å². The molecule has 0 bridgehead atoms. The number of carbonyl (C=O) groups excluding carboxylic acids is 1. The lowest BCUT2D eigenvalue weighted by Crippen LogP contribution is -2.26. The van der Waals surface area contributed by atoms with E-state index in [0.717, 1.165) is 21.5 Å². The lowest BCUT2D eigenvalue weighted by atomic mass is 10.2. The van der Waals surface area contributed by atoms with Crippen molar-refractivity contribution in [3.05, 3.63) is 22.2 Å². The SMILES string of the molecule is CCOc1c(Br)cc(/C=N\NC(=O)CC2(C)SCCS2)cc1OC. The fraction of sp³-hybridized carbons (Fsp3) is 0.500. The van der Waals surface area contributed by atoms with Crippen molar-refractivity contribution in [2.45, 2.75) is 24.3 Å². The number of methoxy groups -OCH3 is 1. The van der Waals surface area contributed by atoms with Gasteiger partial charge in [-0.05, 0) is 47.5 Å². The van der Waals surface area contributed by atoms with Gasteiger partial charge in [0.2, 0.25) is 5.91 Å². The molecule has 1 aromatic carbocycles. The van der Waals surface area contributed by atoms with E-state index >= 15 is 0 Å². The summed E-state index contributed by atoms with van der Waals surface area (Å²) >= 11 is 7.13. The predicted octanol–water partition coefficient (Wildman–Crippen LogP) is 3.89. The highest BCUT2D eigenvalue weighted by Crippen LogP contribution is 2.45. The number of nitrogens with one attached hydrogen (secondary N) is 1. The molecule has 1 saturated heterocycles. The molecule has 1 fully saturated rings. The Labute approximate surface area is 159 Å². The Morgan fingerprint density at radius 1 is 1.46 bits per heavy atom. The molecule has 0 spiro atoms. The Hall–Kier alpha value is -0.860. The minimum atomic E-state index is -0.0763. The maximum absolute atomic E-state index is 12.0. The number of benzene rings is 1. The molecule has 24 heavy (non-hydrogen) atoms. The Bertz CT molecular complexity index is 620. The molecule has 0 unspecified atom stereocenters. The highest BCUT2D eigenvalue weighted by molar-refractivity contribution is 9.10. The molecule has 2 rings (SSSR count). The summed E-state index contributed by atoms with van der Waals surface area (Å²) in [6.45, 7) is 4.57. The molecular weight excluding hydrogens is 412 g/mol. The molecule has 0 radical (unpaired) electrons. The molecule has 1 amide bonds. The van der Waals surface area contributed by atoms with Gasteiger partial charge in [-0.3, -0.25) is 4.79 Å². The summed E-state index contributed by atoms with van der Waals surface area (Å²) < 4.78 is 11.6. The first-order valence-electron chi connectivity index (χ1n) is 7.57. The summed E-state index contributed by atoms with van der Waals surface area (Å²) in [5.41, 5.74) is 3.40. The number of nitrogens with zero attached hydrogens (tertiary/aromatic N) is 1. The largest absolute Gasteiger partial charge is 0.493 e. The topological polar surface area (TPSA) is 59.9 Å². The number of rotatable bonds is 7. The average molecular weight is 433 g/mol. The van der Waals surface area contributed by atoms with Crippen molar-refractivity contribution >= 4 is 51.6 Å².